The molecule has 0 bridgehead atoms. The number of rotatable bonds is 5. The fraction of sp³-hybridized carbons (Fsp3) is 0.273. The summed E-state index contributed by atoms with van der Waals surface area (Å²) in [5.41, 5.74) is 0.469. The van der Waals surface area contributed by atoms with E-state index in [9.17, 15) is 9.90 Å². The smallest absolute Gasteiger partial charge is 0.295 e. The van der Waals surface area contributed by atoms with Gasteiger partial charge in [0.05, 0.1) is 19.5 Å². The van der Waals surface area contributed by atoms with Gasteiger partial charge in [-0.15, -0.1) is 0 Å². The Hall–Kier alpha value is -1.86. The first kappa shape index (κ1) is 12.6. The second kappa shape index (κ2) is 5.65. The van der Waals surface area contributed by atoms with E-state index < -0.39 is 6.10 Å². The van der Waals surface area contributed by atoms with Gasteiger partial charge in [0, 0.05) is 6.54 Å². The van der Waals surface area contributed by atoms with Crippen molar-refractivity contribution in [3.63, 3.8) is 0 Å². The number of hydrogen-bond acceptors (Lipinski definition) is 6. The Balaban J connectivity index is 2.07. The molecule has 0 radical (unpaired) electrons. The van der Waals surface area contributed by atoms with Crippen molar-refractivity contribution in [1.82, 2.24) is 9.97 Å². The fourth-order valence-electron chi connectivity index (χ4n) is 1.48. The zero-order chi connectivity index (χ0) is 13.0. The molecule has 3 N–H and O–H groups in total. The van der Waals surface area contributed by atoms with Crippen LogP contribution in [0.2, 0.25) is 0 Å². The lowest BCUT2D eigenvalue weighted by molar-refractivity contribution is 0.192. The zero-order valence-corrected chi connectivity index (χ0v) is 10.5. The molecule has 2 heterocycles. The molecular weight excluding hydrogens is 254 g/mol. The van der Waals surface area contributed by atoms with Crippen LogP contribution in [-0.4, -0.2) is 28.7 Å². The van der Waals surface area contributed by atoms with Crippen LogP contribution < -0.4 is 15.6 Å². The monoisotopic (exact) mass is 267 g/mol. The second-order valence-corrected chi connectivity index (χ2v) is 4.35. The Morgan fingerprint density at radius 1 is 1.67 bits per heavy atom. The molecule has 2 rings (SSSR count). The number of anilines is 1. The average molecular weight is 267 g/mol. The van der Waals surface area contributed by atoms with Gasteiger partial charge in [-0.05, 0) is 22.4 Å². The minimum atomic E-state index is -0.651. The van der Waals surface area contributed by atoms with E-state index in [-0.39, 0.29) is 17.9 Å². The van der Waals surface area contributed by atoms with Crippen LogP contribution in [0.1, 0.15) is 11.7 Å². The predicted octanol–water partition coefficient (Wildman–Crippen LogP) is 0.985. The lowest BCUT2D eigenvalue weighted by Gasteiger charge is -2.12. The van der Waals surface area contributed by atoms with E-state index in [1.165, 1.54) is 24.8 Å². The predicted molar refractivity (Wildman–Crippen MR) is 69.2 cm³/mol. The molecule has 6 nitrogen and oxygen atoms in total. The molecule has 18 heavy (non-hydrogen) atoms. The van der Waals surface area contributed by atoms with Crippen molar-refractivity contribution in [3.05, 3.63) is 39.1 Å². The van der Waals surface area contributed by atoms with Crippen LogP contribution in [0.25, 0.3) is 0 Å². The molecule has 0 spiro atoms. The maximum absolute atomic E-state index is 11.4. The highest BCUT2D eigenvalue weighted by Gasteiger charge is 2.12. The summed E-state index contributed by atoms with van der Waals surface area (Å²) in [5, 5.41) is 16.5. The summed E-state index contributed by atoms with van der Waals surface area (Å²) in [5.74, 6) is 0.422. The fourth-order valence-corrected chi connectivity index (χ4v) is 2.19. The van der Waals surface area contributed by atoms with E-state index >= 15 is 0 Å². The van der Waals surface area contributed by atoms with Gasteiger partial charge in [-0.2, -0.15) is 11.3 Å². The number of H-pyrrole nitrogens is 1. The highest BCUT2D eigenvalue weighted by molar-refractivity contribution is 7.07. The molecule has 7 heteroatoms. The van der Waals surface area contributed by atoms with Crippen LogP contribution in [0, 0.1) is 0 Å². The molecular formula is C11H13N3O3S. The molecule has 96 valence electrons. The topological polar surface area (TPSA) is 87.2 Å². The normalized spacial score (nSPS) is 12.1. The van der Waals surface area contributed by atoms with Crippen LogP contribution >= 0.6 is 11.3 Å². The van der Waals surface area contributed by atoms with Gasteiger partial charge in [0.1, 0.15) is 0 Å². The zero-order valence-electron chi connectivity index (χ0n) is 9.71. The van der Waals surface area contributed by atoms with Gasteiger partial charge in [0.2, 0.25) is 5.75 Å². The van der Waals surface area contributed by atoms with Crippen molar-refractivity contribution < 1.29 is 9.84 Å². The van der Waals surface area contributed by atoms with Crippen molar-refractivity contribution in [2.45, 2.75) is 6.10 Å². The maximum Gasteiger partial charge on any atom is 0.295 e. The summed E-state index contributed by atoms with van der Waals surface area (Å²) in [6.07, 6.45) is 0.631. The number of aromatic nitrogens is 2. The number of thiophene rings is 1. The lowest BCUT2D eigenvalue weighted by atomic mass is 10.2. The van der Waals surface area contributed by atoms with Crippen molar-refractivity contribution >= 4 is 17.2 Å². The Bertz CT molecular complexity index is 553. The van der Waals surface area contributed by atoms with Gasteiger partial charge < -0.3 is 20.1 Å². The number of hydrogen-bond donors (Lipinski definition) is 3. The summed E-state index contributed by atoms with van der Waals surface area (Å²) >= 11 is 1.52. The van der Waals surface area contributed by atoms with Crippen LogP contribution in [0.5, 0.6) is 5.75 Å². The van der Waals surface area contributed by atoms with Gasteiger partial charge >= 0.3 is 0 Å². The first-order valence-corrected chi connectivity index (χ1v) is 6.22. The quantitative estimate of drug-likeness (QED) is 0.752. The largest absolute Gasteiger partial charge is 0.489 e. The van der Waals surface area contributed by atoms with Crippen molar-refractivity contribution in [2.75, 3.05) is 19.0 Å². The summed E-state index contributed by atoms with van der Waals surface area (Å²) in [4.78, 5) is 17.8. The molecule has 0 amide bonds. The Morgan fingerprint density at radius 2 is 2.50 bits per heavy atom. The van der Waals surface area contributed by atoms with E-state index in [4.69, 9.17) is 4.74 Å². The maximum atomic E-state index is 11.4. The molecule has 2 aromatic rings. The highest BCUT2D eigenvalue weighted by Crippen LogP contribution is 2.19. The standard InChI is InChI=1S/C11H13N3O3S/c1-17-9-10(13-6-14-11(9)16)12-4-8(15)7-2-3-18-5-7/h2-3,5-6,8,15H,4H2,1H3,(H2,12,13,14,16). The van der Waals surface area contributed by atoms with E-state index in [1.54, 1.807) is 0 Å². The first-order chi connectivity index (χ1) is 8.72. The molecule has 0 fully saturated rings. The van der Waals surface area contributed by atoms with E-state index in [0.29, 0.717) is 5.82 Å². The van der Waals surface area contributed by atoms with Gasteiger partial charge in [-0.25, -0.2) is 4.98 Å². The molecule has 0 aliphatic carbocycles. The van der Waals surface area contributed by atoms with E-state index in [1.807, 2.05) is 16.8 Å². The molecule has 0 aromatic carbocycles. The minimum absolute atomic E-state index is 0.106. The third kappa shape index (κ3) is 2.69. The van der Waals surface area contributed by atoms with Crippen LogP contribution in [0.15, 0.2) is 27.9 Å². The molecule has 0 aliphatic heterocycles. The number of nitrogens with one attached hydrogen (secondary N) is 2. The third-order valence-electron chi connectivity index (χ3n) is 2.41. The minimum Gasteiger partial charge on any atom is -0.489 e. The Labute approximate surface area is 107 Å². The molecule has 0 aliphatic rings. The molecule has 1 unspecified atom stereocenters. The first-order valence-electron chi connectivity index (χ1n) is 5.28. The third-order valence-corrected chi connectivity index (χ3v) is 3.11. The van der Waals surface area contributed by atoms with Gasteiger partial charge in [-0.3, -0.25) is 4.79 Å². The number of methoxy groups -OCH3 is 1. The number of aromatic amines is 1. The summed E-state index contributed by atoms with van der Waals surface area (Å²) in [7, 11) is 1.40. The summed E-state index contributed by atoms with van der Waals surface area (Å²) in [6, 6.07) is 1.85. The van der Waals surface area contributed by atoms with Crippen molar-refractivity contribution in [1.29, 1.82) is 0 Å². The molecule has 0 saturated carbocycles. The Morgan fingerprint density at radius 3 is 3.17 bits per heavy atom. The molecule has 1 atom stereocenters. The van der Waals surface area contributed by atoms with E-state index in [2.05, 4.69) is 15.3 Å². The van der Waals surface area contributed by atoms with Gasteiger partial charge in [0.15, 0.2) is 5.82 Å². The summed E-state index contributed by atoms with van der Waals surface area (Å²) < 4.78 is 4.95. The average Bonchev–Trinajstić information content (AvgIpc) is 2.90. The number of aliphatic hydroxyl groups is 1. The number of aliphatic hydroxyl groups excluding tert-OH is 1. The summed E-state index contributed by atoms with van der Waals surface area (Å²) in [6.45, 7) is 0.254. The van der Waals surface area contributed by atoms with Crippen LogP contribution in [0.4, 0.5) is 5.82 Å². The SMILES string of the molecule is COc1c(NCC(O)c2ccsc2)nc[nH]c1=O. The number of ether oxygens (including phenoxy) is 1. The Kier molecular flexibility index (Phi) is 3.96. The van der Waals surface area contributed by atoms with Crippen molar-refractivity contribution in [2.24, 2.45) is 0 Å². The molecule has 0 saturated heterocycles. The van der Waals surface area contributed by atoms with Crippen LogP contribution in [-0.2, 0) is 0 Å². The van der Waals surface area contributed by atoms with Gasteiger partial charge in [0.25, 0.3) is 5.56 Å². The highest BCUT2D eigenvalue weighted by atomic mass is 32.1. The van der Waals surface area contributed by atoms with Crippen LogP contribution in [0.3, 0.4) is 0 Å². The van der Waals surface area contributed by atoms with E-state index in [0.717, 1.165) is 5.56 Å². The number of nitrogens with zero attached hydrogens (tertiary/aromatic N) is 1. The second-order valence-electron chi connectivity index (χ2n) is 3.57. The lowest BCUT2D eigenvalue weighted by Crippen LogP contribution is -2.17. The van der Waals surface area contributed by atoms with Gasteiger partial charge in [-0.1, -0.05) is 0 Å². The molecule has 2 aromatic heterocycles. The van der Waals surface area contributed by atoms with Crippen molar-refractivity contribution in [3.8, 4) is 5.75 Å².